The van der Waals surface area contributed by atoms with Crippen molar-refractivity contribution < 1.29 is 14.3 Å². The fourth-order valence-corrected chi connectivity index (χ4v) is 4.69. The van der Waals surface area contributed by atoms with Gasteiger partial charge in [0.15, 0.2) is 5.65 Å². The maximum atomic E-state index is 12.7. The van der Waals surface area contributed by atoms with Gasteiger partial charge in [-0.25, -0.2) is 14.8 Å². The zero-order chi connectivity index (χ0) is 26.0. The Morgan fingerprint density at radius 2 is 1.81 bits per heavy atom. The summed E-state index contributed by atoms with van der Waals surface area (Å²) in [5.41, 5.74) is 7.62. The Labute approximate surface area is 217 Å². The van der Waals surface area contributed by atoms with E-state index in [0.717, 1.165) is 58.8 Å². The van der Waals surface area contributed by atoms with Crippen LogP contribution in [0.5, 0.6) is 5.75 Å². The third-order valence-electron chi connectivity index (χ3n) is 6.64. The third kappa shape index (κ3) is 4.70. The molecule has 36 heavy (non-hydrogen) atoms. The number of pyridine rings is 1. The summed E-state index contributed by atoms with van der Waals surface area (Å²) < 4.78 is 13.5. The predicted octanol–water partition coefficient (Wildman–Crippen LogP) is 6.81. The first-order valence-electron chi connectivity index (χ1n) is 12.3. The minimum Gasteiger partial charge on any atom is -0.474 e. The van der Waals surface area contributed by atoms with Crippen molar-refractivity contribution in [1.82, 2.24) is 14.5 Å². The molecule has 0 bridgehead atoms. The van der Waals surface area contributed by atoms with Crippen molar-refractivity contribution in [3.05, 3.63) is 81.3 Å². The van der Waals surface area contributed by atoms with Gasteiger partial charge in [-0.05, 0) is 68.1 Å². The number of carbonyl (C=O) groups is 1. The van der Waals surface area contributed by atoms with E-state index in [0.29, 0.717) is 16.3 Å². The summed E-state index contributed by atoms with van der Waals surface area (Å²) >= 11 is 6.40. The van der Waals surface area contributed by atoms with E-state index in [9.17, 15) is 4.79 Å². The average molecular weight is 506 g/mol. The summed E-state index contributed by atoms with van der Waals surface area (Å²) in [6, 6.07) is 13.2. The van der Waals surface area contributed by atoms with E-state index in [1.165, 1.54) is 12.7 Å². The van der Waals surface area contributed by atoms with Crippen LogP contribution in [0.4, 0.5) is 0 Å². The van der Waals surface area contributed by atoms with E-state index >= 15 is 0 Å². The zero-order valence-corrected chi connectivity index (χ0v) is 22.4. The van der Waals surface area contributed by atoms with E-state index in [1.807, 2.05) is 31.2 Å². The number of ether oxygens (including phenoxy) is 2. The molecule has 2 aromatic carbocycles. The molecule has 0 aliphatic rings. The van der Waals surface area contributed by atoms with Crippen LogP contribution in [0.25, 0.3) is 16.9 Å². The van der Waals surface area contributed by atoms with Crippen LogP contribution >= 0.6 is 11.6 Å². The first-order chi connectivity index (χ1) is 17.3. The number of benzene rings is 2. The molecule has 0 amide bonds. The molecule has 0 radical (unpaired) electrons. The Morgan fingerprint density at radius 3 is 2.47 bits per heavy atom. The fraction of sp³-hybridized carbons (Fsp3) is 0.345. The topological polar surface area (TPSA) is 66.2 Å². The van der Waals surface area contributed by atoms with Gasteiger partial charge in [0.25, 0.3) is 0 Å². The van der Waals surface area contributed by atoms with Crippen molar-refractivity contribution >= 4 is 28.7 Å². The van der Waals surface area contributed by atoms with Gasteiger partial charge in [0.1, 0.15) is 17.1 Å². The first-order valence-corrected chi connectivity index (χ1v) is 12.7. The maximum Gasteiger partial charge on any atom is 0.351 e. The van der Waals surface area contributed by atoms with Crippen molar-refractivity contribution in [2.24, 2.45) is 0 Å². The number of nitrogens with zero attached hydrogens (tertiary/aromatic N) is 3. The molecule has 6 nitrogen and oxygen atoms in total. The molecule has 0 aliphatic heterocycles. The standard InChI is InChI=1S/C29H32ClN3O3/c1-7-11-20-16-21(33-25(8-2)32-26-18(4)17(3)19(5)31-28(26)33)14-15-24(20)36-27(29(34)35-6)22-12-9-10-13-23(22)30/h9-10,12-16,27H,7-8,11H2,1-6H3. The minimum absolute atomic E-state index is 0.450. The van der Waals surface area contributed by atoms with Crippen LogP contribution in [0.15, 0.2) is 42.5 Å². The second-order valence-electron chi connectivity index (χ2n) is 8.92. The van der Waals surface area contributed by atoms with Crippen molar-refractivity contribution in [3.63, 3.8) is 0 Å². The van der Waals surface area contributed by atoms with E-state index in [2.05, 4.69) is 38.3 Å². The minimum atomic E-state index is -0.972. The van der Waals surface area contributed by atoms with Crippen molar-refractivity contribution in [2.45, 2.75) is 60.0 Å². The van der Waals surface area contributed by atoms with Gasteiger partial charge in [0.2, 0.25) is 6.10 Å². The highest BCUT2D eigenvalue weighted by Gasteiger charge is 2.27. The molecule has 4 rings (SSSR count). The summed E-state index contributed by atoms with van der Waals surface area (Å²) in [6.07, 6.45) is 1.49. The lowest BCUT2D eigenvalue weighted by molar-refractivity contribution is -0.149. The summed E-state index contributed by atoms with van der Waals surface area (Å²) in [5.74, 6) is 1.06. The lowest BCUT2D eigenvalue weighted by atomic mass is 10.1. The van der Waals surface area contributed by atoms with E-state index in [4.69, 9.17) is 31.0 Å². The van der Waals surface area contributed by atoms with Gasteiger partial charge in [-0.1, -0.05) is 50.1 Å². The molecule has 2 heterocycles. The number of esters is 1. The Kier molecular flexibility index (Phi) is 7.65. The maximum absolute atomic E-state index is 12.7. The van der Waals surface area contributed by atoms with Crippen LogP contribution in [0.3, 0.4) is 0 Å². The summed E-state index contributed by atoms with van der Waals surface area (Å²) in [7, 11) is 1.35. The molecule has 188 valence electrons. The van der Waals surface area contributed by atoms with Crippen LogP contribution in [0.1, 0.15) is 60.1 Å². The second-order valence-corrected chi connectivity index (χ2v) is 9.33. The number of methoxy groups -OCH3 is 1. The molecule has 2 aromatic heterocycles. The predicted molar refractivity (Wildman–Crippen MR) is 143 cm³/mol. The monoisotopic (exact) mass is 505 g/mol. The van der Waals surface area contributed by atoms with E-state index in [-0.39, 0.29) is 0 Å². The molecule has 7 heteroatoms. The second kappa shape index (κ2) is 10.7. The van der Waals surface area contributed by atoms with Crippen molar-refractivity contribution in [3.8, 4) is 11.4 Å². The molecule has 0 aliphatic carbocycles. The quantitative estimate of drug-likeness (QED) is 0.246. The number of aryl methyl sites for hydroxylation is 4. The van der Waals surface area contributed by atoms with Crippen LogP contribution in [0.2, 0.25) is 5.02 Å². The molecule has 1 atom stereocenters. The number of halogens is 1. The molecule has 0 saturated carbocycles. The molecule has 0 saturated heterocycles. The van der Waals surface area contributed by atoms with Gasteiger partial charge in [-0.15, -0.1) is 0 Å². The largest absolute Gasteiger partial charge is 0.474 e. The fourth-order valence-electron chi connectivity index (χ4n) is 4.46. The highest BCUT2D eigenvalue weighted by molar-refractivity contribution is 6.31. The molecule has 4 aromatic rings. The van der Waals surface area contributed by atoms with Gasteiger partial charge in [-0.3, -0.25) is 4.57 Å². The van der Waals surface area contributed by atoms with E-state index < -0.39 is 12.1 Å². The van der Waals surface area contributed by atoms with Crippen LogP contribution in [-0.2, 0) is 22.4 Å². The van der Waals surface area contributed by atoms with Crippen molar-refractivity contribution in [1.29, 1.82) is 0 Å². The van der Waals surface area contributed by atoms with Gasteiger partial charge < -0.3 is 9.47 Å². The number of imidazole rings is 1. The number of rotatable bonds is 8. The van der Waals surface area contributed by atoms with Gasteiger partial charge in [0, 0.05) is 28.4 Å². The lowest BCUT2D eigenvalue weighted by Gasteiger charge is -2.21. The molecule has 0 spiro atoms. The Balaban J connectivity index is 1.83. The molecular formula is C29H32ClN3O3. The Hall–Kier alpha value is -3.38. The molecule has 0 fully saturated rings. The normalized spacial score (nSPS) is 12.1. The Bertz CT molecular complexity index is 1430. The summed E-state index contributed by atoms with van der Waals surface area (Å²) in [4.78, 5) is 22.5. The molecule has 1 unspecified atom stereocenters. The lowest BCUT2D eigenvalue weighted by Crippen LogP contribution is -2.21. The van der Waals surface area contributed by atoms with Crippen LogP contribution in [-0.4, -0.2) is 27.6 Å². The number of hydrogen-bond acceptors (Lipinski definition) is 5. The Morgan fingerprint density at radius 1 is 1.06 bits per heavy atom. The van der Waals surface area contributed by atoms with Gasteiger partial charge in [0.05, 0.1) is 7.11 Å². The average Bonchev–Trinajstić information content (AvgIpc) is 3.25. The van der Waals surface area contributed by atoms with Crippen molar-refractivity contribution in [2.75, 3.05) is 7.11 Å². The zero-order valence-electron chi connectivity index (χ0n) is 21.7. The van der Waals surface area contributed by atoms with Gasteiger partial charge in [-0.2, -0.15) is 0 Å². The van der Waals surface area contributed by atoms with Crippen LogP contribution < -0.4 is 4.74 Å². The third-order valence-corrected chi connectivity index (χ3v) is 6.99. The number of hydrogen-bond donors (Lipinski definition) is 0. The number of fused-ring (bicyclic) bond motifs is 1. The van der Waals surface area contributed by atoms with Gasteiger partial charge >= 0.3 is 5.97 Å². The highest BCUT2D eigenvalue weighted by atomic mass is 35.5. The molecule has 0 N–H and O–H groups in total. The SMILES string of the molecule is CCCc1cc(-n2c(CC)nc3c(C)c(C)c(C)nc32)ccc1OC(C(=O)OC)c1ccccc1Cl. The molecular weight excluding hydrogens is 474 g/mol. The number of carbonyl (C=O) groups excluding carboxylic acids is 1. The smallest absolute Gasteiger partial charge is 0.351 e. The van der Waals surface area contributed by atoms with E-state index in [1.54, 1.807) is 12.1 Å². The first kappa shape index (κ1) is 25.7. The number of aromatic nitrogens is 3. The summed E-state index contributed by atoms with van der Waals surface area (Å²) in [5, 5.41) is 0.450. The summed E-state index contributed by atoms with van der Waals surface area (Å²) in [6.45, 7) is 10.4. The van der Waals surface area contributed by atoms with Crippen LogP contribution in [0, 0.1) is 20.8 Å². The highest BCUT2D eigenvalue weighted by Crippen LogP contribution is 2.33.